The van der Waals surface area contributed by atoms with E-state index in [1.165, 1.54) is 17.5 Å². The van der Waals surface area contributed by atoms with Crippen molar-refractivity contribution in [2.24, 2.45) is 5.92 Å². The summed E-state index contributed by atoms with van der Waals surface area (Å²) in [6, 6.07) is 4.56. The molecule has 0 radical (unpaired) electrons. The summed E-state index contributed by atoms with van der Waals surface area (Å²) < 4.78 is 10.6. The fourth-order valence-electron chi connectivity index (χ4n) is 6.11. The first-order chi connectivity index (χ1) is 18.9. The molecule has 2 N–H and O–H groups in total. The predicted molar refractivity (Wildman–Crippen MR) is 144 cm³/mol. The third kappa shape index (κ3) is 5.99. The van der Waals surface area contributed by atoms with Crippen LogP contribution in [0.4, 0.5) is 0 Å². The number of carbonyl (C=O) groups excluding carboxylic acids is 3. The summed E-state index contributed by atoms with van der Waals surface area (Å²) in [7, 11) is 1.57. The summed E-state index contributed by atoms with van der Waals surface area (Å²) in [4.78, 5) is 50.5. The molecule has 3 aromatic rings. The molecule has 2 aliphatic rings. The molecule has 2 aliphatic carbocycles. The van der Waals surface area contributed by atoms with Crippen LogP contribution in [0.5, 0.6) is 5.75 Å². The van der Waals surface area contributed by atoms with Crippen molar-refractivity contribution < 1.29 is 23.6 Å². The monoisotopic (exact) mass is 535 g/mol. The van der Waals surface area contributed by atoms with Crippen molar-refractivity contribution in [2.75, 3.05) is 7.11 Å². The minimum Gasteiger partial charge on any atom is -0.497 e. The molecular weight excluding hydrogens is 498 g/mol. The van der Waals surface area contributed by atoms with Crippen LogP contribution in [0.2, 0.25) is 0 Å². The summed E-state index contributed by atoms with van der Waals surface area (Å²) in [5, 5.41) is 7.71. The van der Waals surface area contributed by atoms with E-state index in [-0.39, 0.29) is 35.9 Å². The standard InChI is InChI=1S/C29H37N5O5/c1-18-31-25(39-33-18)17-34(29(37)27(35)23-16-30-24-15-21(38-2)13-14-22(23)24)26(19-9-5-3-6-10-19)28(36)32-20-11-7-4-8-12-20/h13-16,19-20,26,30H,3-12,17H2,1-2H3,(H,32,36)/t26-/m1/s1. The van der Waals surface area contributed by atoms with E-state index in [2.05, 4.69) is 20.4 Å². The average Bonchev–Trinajstić information content (AvgIpc) is 3.58. The van der Waals surface area contributed by atoms with Crippen molar-refractivity contribution in [3.8, 4) is 5.75 Å². The Morgan fingerprint density at radius 2 is 1.82 bits per heavy atom. The lowest BCUT2D eigenvalue weighted by Gasteiger charge is -2.38. The molecule has 39 heavy (non-hydrogen) atoms. The molecule has 1 atom stereocenters. The lowest BCUT2D eigenvalue weighted by molar-refractivity contribution is -0.141. The maximum atomic E-state index is 14.1. The van der Waals surface area contributed by atoms with Gasteiger partial charge in [0, 0.05) is 29.2 Å². The number of benzene rings is 1. The lowest BCUT2D eigenvalue weighted by Crippen LogP contribution is -2.56. The SMILES string of the molecule is COc1ccc2c(C(=O)C(=O)N(Cc3nc(C)no3)[C@@H](C(=O)NC3CCCCC3)C3CCCCC3)c[nH]c2c1. The number of aromatic amines is 1. The second-order valence-corrected chi connectivity index (χ2v) is 10.8. The normalized spacial score (nSPS) is 17.6. The number of methoxy groups -OCH3 is 1. The Morgan fingerprint density at radius 1 is 1.10 bits per heavy atom. The zero-order valence-electron chi connectivity index (χ0n) is 22.7. The van der Waals surface area contributed by atoms with Gasteiger partial charge in [-0.05, 0) is 50.7 Å². The molecule has 2 heterocycles. The van der Waals surface area contributed by atoms with Gasteiger partial charge in [-0.1, -0.05) is 43.7 Å². The number of hydrogen-bond donors (Lipinski definition) is 2. The number of amides is 2. The van der Waals surface area contributed by atoms with Crippen LogP contribution < -0.4 is 10.1 Å². The first kappa shape index (κ1) is 26.9. The minimum absolute atomic E-state index is 0.0599. The van der Waals surface area contributed by atoms with Crippen LogP contribution >= 0.6 is 0 Å². The van der Waals surface area contributed by atoms with Crippen molar-refractivity contribution in [3.05, 3.63) is 41.7 Å². The smallest absolute Gasteiger partial charge is 0.296 e. The van der Waals surface area contributed by atoms with Gasteiger partial charge in [0.1, 0.15) is 18.3 Å². The second-order valence-electron chi connectivity index (χ2n) is 10.8. The van der Waals surface area contributed by atoms with E-state index in [0.717, 1.165) is 57.8 Å². The van der Waals surface area contributed by atoms with Crippen molar-refractivity contribution in [3.63, 3.8) is 0 Å². The van der Waals surface area contributed by atoms with E-state index in [9.17, 15) is 14.4 Å². The molecule has 2 saturated carbocycles. The van der Waals surface area contributed by atoms with Crippen molar-refractivity contribution in [2.45, 2.75) is 89.8 Å². The van der Waals surface area contributed by atoms with Gasteiger partial charge in [-0.3, -0.25) is 14.4 Å². The topological polar surface area (TPSA) is 130 Å². The van der Waals surface area contributed by atoms with E-state index < -0.39 is 17.7 Å². The molecule has 10 heteroatoms. The molecule has 208 valence electrons. The number of ether oxygens (including phenoxy) is 1. The molecule has 0 bridgehead atoms. The number of nitrogens with one attached hydrogen (secondary N) is 2. The summed E-state index contributed by atoms with van der Waals surface area (Å²) in [5.41, 5.74) is 0.933. The Kier molecular flexibility index (Phi) is 8.28. The average molecular weight is 536 g/mol. The Hall–Kier alpha value is -3.69. The van der Waals surface area contributed by atoms with Crippen molar-refractivity contribution in [1.29, 1.82) is 0 Å². The number of aryl methyl sites for hydroxylation is 1. The highest BCUT2D eigenvalue weighted by Gasteiger charge is 2.41. The molecule has 0 aliphatic heterocycles. The molecule has 10 nitrogen and oxygen atoms in total. The highest BCUT2D eigenvalue weighted by molar-refractivity contribution is 6.45. The summed E-state index contributed by atoms with van der Waals surface area (Å²) >= 11 is 0. The van der Waals surface area contributed by atoms with Gasteiger partial charge in [0.25, 0.3) is 11.7 Å². The van der Waals surface area contributed by atoms with Crippen LogP contribution in [0, 0.1) is 12.8 Å². The van der Waals surface area contributed by atoms with Crippen molar-refractivity contribution >= 4 is 28.5 Å². The van der Waals surface area contributed by atoms with Crippen LogP contribution in [0.1, 0.15) is 86.3 Å². The van der Waals surface area contributed by atoms with Crippen LogP contribution in [-0.2, 0) is 16.1 Å². The number of rotatable bonds is 9. The zero-order valence-corrected chi connectivity index (χ0v) is 22.7. The van der Waals surface area contributed by atoms with Crippen LogP contribution in [-0.4, -0.2) is 56.8 Å². The highest BCUT2D eigenvalue weighted by Crippen LogP contribution is 2.32. The maximum absolute atomic E-state index is 14.1. The molecule has 0 spiro atoms. The Balaban J connectivity index is 1.49. The number of H-pyrrole nitrogens is 1. The van der Waals surface area contributed by atoms with Gasteiger partial charge < -0.3 is 24.5 Å². The van der Waals surface area contributed by atoms with Gasteiger partial charge in [0.15, 0.2) is 5.82 Å². The number of Topliss-reactive ketones (excluding diaryl/α,β-unsaturated/α-hetero) is 1. The molecule has 2 fully saturated rings. The van der Waals surface area contributed by atoms with E-state index in [4.69, 9.17) is 9.26 Å². The van der Waals surface area contributed by atoms with Crippen LogP contribution in [0.25, 0.3) is 10.9 Å². The van der Waals surface area contributed by atoms with E-state index >= 15 is 0 Å². The minimum atomic E-state index is -0.804. The summed E-state index contributed by atoms with van der Waals surface area (Å²) in [5.74, 6) is -0.436. The number of nitrogens with zero attached hydrogens (tertiary/aromatic N) is 3. The van der Waals surface area contributed by atoms with E-state index in [0.29, 0.717) is 22.5 Å². The molecule has 1 aromatic carbocycles. The third-order valence-electron chi connectivity index (χ3n) is 8.12. The first-order valence-corrected chi connectivity index (χ1v) is 14.0. The molecule has 5 rings (SSSR count). The largest absolute Gasteiger partial charge is 0.497 e. The molecule has 0 saturated heterocycles. The van der Waals surface area contributed by atoms with Gasteiger partial charge in [-0.25, -0.2) is 0 Å². The Bertz CT molecular complexity index is 1320. The van der Waals surface area contributed by atoms with E-state index in [1.807, 2.05) is 0 Å². The number of aromatic nitrogens is 3. The van der Waals surface area contributed by atoms with Gasteiger partial charge in [0.2, 0.25) is 11.8 Å². The molecule has 2 amide bonds. The predicted octanol–water partition coefficient (Wildman–Crippen LogP) is 4.48. The fraction of sp³-hybridized carbons (Fsp3) is 0.552. The van der Waals surface area contributed by atoms with E-state index in [1.54, 1.807) is 32.2 Å². The second kappa shape index (κ2) is 12.0. The van der Waals surface area contributed by atoms with Crippen molar-refractivity contribution in [1.82, 2.24) is 25.3 Å². The number of fused-ring (bicyclic) bond motifs is 1. The molecular formula is C29H37N5O5. The quantitative estimate of drug-likeness (QED) is 0.305. The number of ketones is 1. The van der Waals surface area contributed by atoms with Gasteiger partial charge in [-0.2, -0.15) is 4.98 Å². The third-order valence-corrected chi connectivity index (χ3v) is 8.12. The molecule has 2 aromatic heterocycles. The molecule has 0 unspecified atom stereocenters. The van der Waals surface area contributed by atoms with Crippen LogP contribution in [0.15, 0.2) is 28.9 Å². The fourth-order valence-corrected chi connectivity index (χ4v) is 6.11. The highest BCUT2D eigenvalue weighted by atomic mass is 16.5. The zero-order chi connectivity index (χ0) is 27.4. The van der Waals surface area contributed by atoms with Gasteiger partial charge >= 0.3 is 0 Å². The van der Waals surface area contributed by atoms with Gasteiger partial charge in [-0.15, -0.1) is 0 Å². The Morgan fingerprint density at radius 3 is 2.49 bits per heavy atom. The summed E-state index contributed by atoms with van der Waals surface area (Å²) in [6.45, 7) is 1.58. The first-order valence-electron chi connectivity index (χ1n) is 14.0. The van der Waals surface area contributed by atoms with Crippen LogP contribution in [0.3, 0.4) is 0 Å². The maximum Gasteiger partial charge on any atom is 0.296 e. The number of hydrogen-bond acceptors (Lipinski definition) is 7. The summed E-state index contributed by atoms with van der Waals surface area (Å²) in [6.07, 6.45) is 11.4. The Labute approximate surface area is 227 Å². The van der Waals surface area contributed by atoms with Gasteiger partial charge in [0.05, 0.1) is 12.7 Å². The lowest BCUT2D eigenvalue weighted by atomic mass is 9.82. The number of carbonyl (C=O) groups is 3.